The summed E-state index contributed by atoms with van der Waals surface area (Å²) in [4.78, 5) is 33.8. The fraction of sp³-hybridized carbons (Fsp3) is 0.200. The lowest BCUT2D eigenvalue weighted by Crippen LogP contribution is -2.27. The summed E-state index contributed by atoms with van der Waals surface area (Å²) in [6, 6.07) is 12.1. The predicted octanol–water partition coefficient (Wildman–Crippen LogP) is 1.87. The van der Waals surface area contributed by atoms with Crippen LogP contribution in [0.25, 0.3) is 22.3 Å². The lowest BCUT2D eigenvalue weighted by molar-refractivity contribution is -0.130. The molecule has 3 aromatic rings. The van der Waals surface area contributed by atoms with Gasteiger partial charge in [-0.15, -0.1) is 0 Å². The van der Waals surface area contributed by atoms with Crippen molar-refractivity contribution in [3.8, 4) is 22.9 Å². The van der Waals surface area contributed by atoms with E-state index in [1.165, 1.54) is 12.0 Å². The Balaban J connectivity index is 2.00. The second-order valence-corrected chi connectivity index (χ2v) is 6.25. The average molecular weight is 380 g/mol. The van der Waals surface area contributed by atoms with E-state index in [0.29, 0.717) is 28.2 Å². The number of likely N-dealkylation sites (N-methyl/N-ethyl adjacent to an activating group) is 1. The van der Waals surface area contributed by atoms with E-state index in [1.54, 1.807) is 50.5 Å². The Kier molecular flexibility index (Phi) is 5.39. The van der Waals surface area contributed by atoms with Gasteiger partial charge in [0.15, 0.2) is 12.3 Å². The summed E-state index contributed by atoms with van der Waals surface area (Å²) < 4.78 is 10.7. The molecular weight excluding hydrogens is 360 g/mol. The van der Waals surface area contributed by atoms with Crippen molar-refractivity contribution < 1.29 is 19.1 Å². The Labute approximate surface area is 161 Å². The van der Waals surface area contributed by atoms with Gasteiger partial charge in [0.25, 0.3) is 5.91 Å². The van der Waals surface area contributed by atoms with E-state index in [2.05, 4.69) is 9.97 Å². The van der Waals surface area contributed by atoms with Gasteiger partial charge in [-0.2, -0.15) is 4.98 Å². The maximum Gasteiger partial charge on any atom is 0.260 e. The number of amides is 2. The summed E-state index contributed by atoms with van der Waals surface area (Å²) >= 11 is 0. The number of carbonyl (C=O) groups excluding carboxylic acids is 2. The fourth-order valence-corrected chi connectivity index (χ4v) is 2.55. The van der Waals surface area contributed by atoms with Gasteiger partial charge in [-0.1, -0.05) is 0 Å². The molecule has 144 valence electrons. The summed E-state index contributed by atoms with van der Waals surface area (Å²) in [5, 5.41) is 0.790. The van der Waals surface area contributed by atoms with Gasteiger partial charge in [0.05, 0.1) is 12.8 Å². The minimum Gasteiger partial charge on any atom is -0.497 e. The van der Waals surface area contributed by atoms with Gasteiger partial charge in [0.1, 0.15) is 5.75 Å². The average Bonchev–Trinajstić information content (AvgIpc) is 2.70. The molecule has 0 saturated heterocycles. The van der Waals surface area contributed by atoms with Gasteiger partial charge in [-0.05, 0) is 36.4 Å². The Hall–Kier alpha value is -3.68. The number of ether oxygens (including phenoxy) is 2. The minimum atomic E-state index is -0.563. The first-order valence-electron chi connectivity index (χ1n) is 8.48. The maximum atomic E-state index is 11.8. The van der Waals surface area contributed by atoms with E-state index < -0.39 is 5.91 Å². The molecule has 0 aliphatic carbocycles. The summed E-state index contributed by atoms with van der Waals surface area (Å²) in [6.45, 7) is -0.118. The molecule has 0 aliphatic rings. The van der Waals surface area contributed by atoms with Crippen LogP contribution in [-0.2, 0) is 4.79 Å². The lowest BCUT2D eigenvalue weighted by Gasteiger charge is -2.11. The van der Waals surface area contributed by atoms with Gasteiger partial charge in [0.2, 0.25) is 11.8 Å². The van der Waals surface area contributed by atoms with Crippen LogP contribution in [0.5, 0.6) is 11.6 Å². The lowest BCUT2D eigenvalue weighted by atomic mass is 10.0. The molecule has 0 fully saturated rings. The molecule has 1 aromatic carbocycles. The molecule has 2 amide bonds. The van der Waals surface area contributed by atoms with Gasteiger partial charge < -0.3 is 20.1 Å². The molecule has 3 rings (SSSR count). The highest BCUT2D eigenvalue weighted by atomic mass is 16.5. The number of carbonyl (C=O) groups is 2. The highest BCUT2D eigenvalue weighted by molar-refractivity contribution is 6.00. The van der Waals surface area contributed by atoms with Crippen LogP contribution in [0.4, 0.5) is 0 Å². The van der Waals surface area contributed by atoms with Gasteiger partial charge >= 0.3 is 0 Å². The van der Waals surface area contributed by atoms with Crippen molar-refractivity contribution in [3.63, 3.8) is 0 Å². The first-order chi connectivity index (χ1) is 13.4. The van der Waals surface area contributed by atoms with Crippen LogP contribution in [0.2, 0.25) is 0 Å². The van der Waals surface area contributed by atoms with Crippen LogP contribution in [0.1, 0.15) is 10.4 Å². The third-order valence-electron chi connectivity index (χ3n) is 4.14. The molecule has 0 aliphatic heterocycles. The van der Waals surface area contributed by atoms with E-state index in [9.17, 15) is 9.59 Å². The number of fused-ring (bicyclic) bond motifs is 1. The topological polar surface area (TPSA) is 108 Å². The second kappa shape index (κ2) is 7.91. The van der Waals surface area contributed by atoms with Crippen molar-refractivity contribution in [2.24, 2.45) is 5.73 Å². The normalized spacial score (nSPS) is 10.5. The molecule has 8 nitrogen and oxygen atoms in total. The Morgan fingerprint density at radius 3 is 2.50 bits per heavy atom. The summed E-state index contributed by atoms with van der Waals surface area (Å²) in [7, 11) is 4.84. The smallest absolute Gasteiger partial charge is 0.260 e. The molecule has 0 radical (unpaired) electrons. The van der Waals surface area contributed by atoms with Crippen molar-refractivity contribution in [2.45, 2.75) is 0 Å². The zero-order valence-electron chi connectivity index (χ0n) is 15.8. The molecule has 2 N–H and O–H groups in total. The molecule has 0 saturated carbocycles. The Bertz CT molecular complexity index is 1050. The summed E-state index contributed by atoms with van der Waals surface area (Å²) in [5.74, 6) is 0.125. The first kappa shape index (κ1) is 19.1. The van der Waals surface area contributed by atoms with Crippen molar-refractivity contribution in [3.05, 3.63) is 48.0 Å². The predicted molar refractivity (Wildman–Crippen MR) is 104 cm³/mol. The van der Waals surface area contributed by atoms with Crippen LogP contribution >= 0.6 is 0 Å². The van der Waals surface area contributed by atoms with Crippen LogP contribution < -0.4 is 15.2 Å². The van der Waals surface area contributed by atoms with E-state index in [0.717, 1.165) is 5.39 Å². The zero-order chi connectivity index (χ0) is 20.3. The van der Waals surface area contributed by atoms with Gasteiger partial charge in [-0.3, -0.25) is 9.59 Å². The van der Waals surface area contributed by atoms with Crippen LogP contribution in [0, 0.1) is 0 Å². The van der Waals surface area contributed by atoms with Crippen molar-refractivity contribution in [1.82, 2.24) is 14.9 Å². The van der Waals surface area contributed by atoms with Gasteiger partial charge in [0, 0.05) is 36.7 Å². The number of aromatic nitrogens is 2. The number of rotatable bonds is 6. The number of benzene rings is 1. The number of hydrogen-bond acceptors (Lipinski definition) is 6. The number of methoxy groups -OCH3 is 1. The third kappa shape index (κ3) is 4.01. The number of hydrogen-bond donors (Lipinski definition) is 1. The molecule has 2 aromatic heterocycles. The van der Waals surface area contributed by atoms with Crippen molar-refractivity contribution in [1.29, 1.82) is 0 Å². The molecule has 8 heteroatoms. The second-order valence-electron chi connectivity index (χ2n) is 6.25. The SMILES string of the molecule is COc1ccc(C(N)=O)c(-c2ccc3ccc(OCC(=O)N(C)C)nc3n2)c1. The molecule has 0 atom stereocenters. The van der Waals surface area contributed by atoms with Crippen molar-refractivity contribution in [2.75, 3.05) is 27.8 Å². The molecule has 28 heavy (non-hydrogen) atoms. The third-order valence-corrected chi connectivity index (χ3v) is 4.14. The highest BCUT2D eigenvalue weighted by Crippen LogP contribution is 2.28. The van der Waals surface area contributed by atoms with Crippen LogP contribution in [0.3, 0.4) is 0 Å². The molecule has 2 heterocycles. The number of pyridine rings is 2. The monoisotopic (exact) mass is 380 g/mol. The standard InChI is InChI=1S/C20H20N4O4/c1-24(2)18(25)11-28-17-9-5-12-4-8-16(22-20(12)23-17)15-10-13(27-3)6-7-14(15)19(21)26/h4-10H,11H2,1-3H3,(H2,21,26). The van der Waals surface area contributed by atoms with E-state index in [-0.39, 0.29) is 18.4 Å². The fourth-order valence-electron chi connectivity index (χ4n) is 2.55. The number of nitrogens with zero attached hydrogens (tertiary/aromatic N) is 3. The maximum absolute atomic E-state index is 11.8. The number of primary amides is 1. The largest absolute Gasteiger partial charge is 0.497 e. The molecular formula is C20H20N4O4. The number of nitrogens with two attached hydrogens (primary N) is 1. The Morgan fingerprint density at radius 1 is 1.07 bits per heavy atom. The minimum absolute atomic E-state index is 0.118. The zero-order valence-corrected chi connectivity index (χ0v) is 15.8. The van der Waals surface area contributed by atoms with E-state index >= 15 is 0 Å². The summed E-state index contributed by atoms with van der Waals surface area (Å²) in [6.07, 6.45) is 0. The van der Waals surface area contributed by atoms with Crippen molar-refractivity contribution >= 4 is 22.8 Å². The summed E-state index contributed by atoms with van der Waals surface area (Å²) in [5.41, 5.74) is 7.31. The van der Waals surface area contributed by atoms with E-state index in [4.69, 9.17) is 15.2 Å². The quantitative estimate of drug-likeness (QED) is 0.699. The van der Waals surface area contributed by atoms with Gasteiger partial charge in [-0.25, -0.2) is 4.98 Å². The van der Waals surface area contributed by atoms with Crippen LogP contribution in [-0.4, -0.2) is 54.5 Å². The molecule has 0 unspecified atom stereocenters. The highest BCUT2D eigenvalue weighted by Gasteiger charge is 2.14. The van der Waals surface area contributed by atoms with Crippen LogP contribution in [0.15, 0.2) is 42.5 Å². The van der Waals surface area contributed by atoms with E-state index in [1.807, 2.05) is 6.07 Å². The Morgan fingerprint density at radius 2 is 1.82 bits per heavy atom. The first-order valence-corrected chi connectivity index (χ1v) is 8.48. The molecule has 0 spiro atoms. The molecule has 0 bridgehead atoms.